The summed E-state index contributed by atoms with van der Waals surface area (Å²) in [7, 11) is 3.16. The second-order valence-corrected chi connectivity index (χ2v) is 8.57. The first-order chi connectivity index (χ1) is 16.4. The molecule has 3 aromatic carbocycles. The van der Waals surface area contributed by atoms with Crippen LogP contribution in [0.1, 0.15) is 27.5 Å². The van der Waals surface area contributed by atoms with Crippen molar-refractivity contribution in [2.24, 2.45) is 0 Å². The third-order valence-corrected chi connectivity index (χ3v) is 6.51. The Bertz CT molecular complexity index is 1210. The van der Waals surface area contributed by atoms with Crippen LogP contribution in [0.4, 0.5) is 5.69 Å². The SMILES string of the molecule is COc1cc2c(cc1OC)[C@H](COc1ccc([N+](=O)[O-])cc1)N(C(=O)c1ccccc1Br)CC2. The molecule has 1 heterocycles. The molecule has 4 rings (SSSR count). The van der Waals surface area contributed by atoms with E-state index in [4.69, 9.17) is 14.2 Å². The lowest BCUT2D eigenvalue weighted by molar-refractivity contribution is -0.384. The van der Waals surface area contributed by atoms with Crippen LogP contribution in [0, 0.1) is 10.1 Å². The first-order valence-electron chi connectivity index (χ1n) is 10.6. The average molecular weight is 527 g/mol. The molecule has 0 saturated heterocycles. The quantitative estimate of drug-likeness (QED) is 0.310. The number of hydrogen-bond acceptors (Lipinski definition) is 6. The van der Waals surface area contributed by atoms with E-state index in [0.717, 1.165) is 11.1 Å². The number of hydrogen-bond donors (Lipinski definition) is 0. The van der Waals surface area contributed by atoms with Crippen molar-refractivity contribution in [3.63, 3.8) is 0 Å². The molecule has 0 radical (unpaired) electrons. The van der Waals surface area contributed by atoms with Crippen molar-refractivity contribution in [1.29, 1.82) is 0 Å². The van der Waals surface area contributed by atoms with E-state index in [1.165, 1.54) is 12.1 Å². The van der Waals surface area contributed by atoms with Crippen molar-refractivity contribution >= 4 is 27.5 Å². The molecule has 34 heavy (non-hydrogen) atoms. The minimum atomic E-state index is -0.459. The summed E-state index contributed by atoms with van der Waals surface area (Å²) in [5.41, 5.74) is 2.50. The van der Waals surface area contributed by atoms with Gasteiger partial charge >= 0.3 is 0 Å². The van der Waals surface area contributed by atoms with Gasteiger partial charge < -0.3 is 19.1 Å². The second-order valence-electron chi connectivity index (χ2n) is 7.71. The summed E-state index contributed by atoms with van der Waals surface area (Å²) in [4.78, 5) is 25.8. The Morgan fingerprint density at radius 1 is 1.09 bits per heavy atom. The van der Waals surface area contributed by atoms with E-state index in [-0.39, 0.29) is 18.2 Å². The molecular weight excluding hydrogens is 504 g/mol. The molecule has 3 aromatic rings. The summed E-state index contributed by atoms with van der Waals surface area (Å²) < 4.78 is 17.7. The zero-order valence-corrected chi connectivity index (χ0v) is 20.3. The van der Waals surface area contributed by atoms with Crippen molar-refractivity contribution in [2.75, 3.05) is 27.4 Å². The highest BCUT2D eigenvalue weighted by molar-refractivity contribution is 9.10. The Hall–Kier alpha value is -3.59. The van der Waals surface area contributed by atoms with Gasteiger partial charge in [0.25, 0.3) is 11.6 Å². The first kappa shape index (κ1) is 23.6. The molecule has 8 nitrogen and oxygen atoms in total. The molecule has 0 spiro atoms. The molecule has 176 valence electrons. The predicted octanol–water partition coefficient (Wildman–Crippen LogP) is 5.19. The summed E-state index contributed by atoms with van der Waals surface area (Å²) in [6.07, 6.45) is 0.653. The Morgan fingerprint density at radius 3 is 2.41 bits per heavy atom. The number of nitrogens with zero attached hydrogens (tertiary/aromatic N) is 2. The zero-order valence-electron chi connectivity index (χ0n) is 18.7. The third-order valence-electron chi connectivity index (χ3n) is 5.82. The first-order valence-corrected chi connectivity index (χ1v) is 11.4. The molecule has 1 amide bonds. The number of amides is 1. The van der Waals surface area contributed by atoms with Gasteiger partial charge in [0.15, 0.2) is 11.5 Å². The highest BCUT2D eigenvalue weighted by Crippen LogP contribution is 2.39. The number of halogens is 1. The minimum Gasteiger partial charge on any atom is -0.493 e. The number of carbonyl (C=O) groups is 1. The van der Waals surface area contributed by atoms with Crippen molar-refractivity contribution in [3.8, 4) is 17.2 Å². The molecule has 0 N–H and O–H groups in total. The fraction of sp³-hybridized carbons (Fsp3) is 0.240. The molecule has 1 aliphatic heterocycles. The van der Waals surface area contributed by atoms with E-state index in [1.807, 2.05) is 30.3 Å². The summed E-state index contributed by atoms with van der Waals surface area (Å²) >= 11 is 3.48. The number of ether oxygens (including phenoxy) is 3. The number of methoxy groups -OCH3 is 2. The second kappa shape index (κ2) is 10.1. The van der Waals surface area contributed by atoms with Crippen LogP contribution in [-0.4, -0.2) is 43.1 Å². The summed E-state index contributed by atoms with van der Waals surface area (Å²) in [6, 6.07) is 16.6. The van der Waals surface area contributed by atoms with Crippen LogP contribution in [0.15, 0.2) is 65.1 Å². The highest BCUT2D eigenvalue weighted by Gasteiger charge is 2.34. The van der Waals surface area contributed by atoms with Gasteiger partial charge in [-0.25, -0.2) is 0 Å². The molecule has 0 bridgehead atoms. The standard InChI is InChI=1S/C25H23BrN2O6/c1-32-23-13-16-11-12-27(25(29)19-5-3-4-6-21(19)26)22(20(16)14-24(23)33-2)15-34-18-9-7-17(8-10-18)28(30)31/h3-10,13-14,22H,11-12,15H2,1-2H3/t22-/m0/s1. The number of nitro benzene ring substituents is 1. The van der Waals surface area contributed by atoms with Gasteiger partial charge in [0.2, 0.25) is 0 Å². The van der Waals surface area contributed by atoms with Crippen molar-refractivity contribution in [2.45, 2.75) is 12.5 Å². The van der Waals surface area contributed by atoms with E-state index in [1.54, 1.807) is 37.3 Å². The fourth-order valence-corrected chi connectivity index (χ4v) is 4.53. The van der Waals surface area contributed by atoms with E-state index in [0.29, 0.717) is 40.3 Å². The molecule has 9 heteroatoms. The molecule has 0 saturated carbocycles. The molecule has 0 unspecified atom stereocenters. The predicted molar refractivity (Wildman–Crippen MR) is 130 cm³/mol. The van der Waals surface area contributed by atoms with E-state index >= 15 is 0 Å². The van der Waals surface area contributed by atoms with Crippen molar-refractivity contribution < 1.29 is 23.9 Å². The molecular formula is C25H23BrN2O6. The Morgan fingerprint density at radius 2 is 1.76 bits per heavy atom. The molecule has 0 aromatic heterocycles. The molecule has 0 aliphatic carbocycles. The van der Waals surface area contributed by atoms with Crippen LogP contribution in [0.25, 0.3) is 0 Å². The summed E-state index contributed by atoms with van der Waals surface area (Å²) in [5, 5.41) is 10.9. The Labute approximate surface area is 205 Å². The number of benzene rings is 3. The van der Waals surface area contributed by atoms with Crippen LogP contribution in [0.2, 0.25) is 0 Å². The zero-order chi connectivity index (χ0) is 24.2. The number of nitro groups is 1. The van der Waals surface area contributed by atoms with Gasteiger partial charge in [0.1, 0.15) is 12.4 Å². The van der Waals surface area contributed by atoms with E-state index in [9.17, 15) is 14.9 Å². The van der Waals surface area contributed by atoms with Crippen LogP contribution in [0.5, 0.6) is 17.2 Å². The van der Waals surface area contributed by atoms with Crippen molar-refractivity contribution in [3.05, 3.63) is 91.9 Å². The van der Waals surface area contributed by atoms with Gasteiger partial charge in [0, 0.05) is 23.2 Å². The maximum Gasteiger partial charge on any atom is 0.269 e. The third kappa shape index (κ3) is 4.70. The van der Waals surface area contributed by atoms with E-state index in [2.05, 4.69) is 15.9 Å². The van der Waals surface area contributed by atoms with Crippen LogP contribution < -0.4 is 14.2 Å². The number of non-ortho nitro benzene ring substituents is 1. The van der Waals surface area contributed by atoms with Gasteiger partial charge in [-0.15, -0.1) is 0 Å². The number of rotatable bonds is 7. The van der Waals surface area contributed by atoms with Gasteiger partial charge in [-0.1, -0.05) is 12.1 Å². The van der Waals surface area contributed by atoms with Crippen LogP contribution in [-0.2, 0) is 6.42 Å². The van der Waals surface area contributed by atoms with Crippen molar-refractivity contribution in [1.82, 2.24) is 4.90 Å². The van der Waals surface area contributed by atoms with Gasteiger partial charge in [-0.05, 0) is 69.9 Å². The van der Waals surface area contributed by atoms with Gasteiger partial charge in [-0.2, -0.15) is 0 Å². The Balaban J connectivity index is 1.69. The van der Waals surface area contributed by atoms with Crippen LogP contribution >= 0.6 is 15.9 Å². The normalized spacial score (nSPS) is 14.8. The monoisotopic (exact) mass is 526 g/mol. The minimum absolute atomic E-state index is 0.0158. The Kier molecular flexibility index (Phi) is 7.02. The lowest BCUT2D eigenvalue weighted by atomic mass is 9.91. The summed E-state index contributed by atoms with van der Waals surface area (Å²) in [5.74, 6) is 1.55. The van der Waals surface area contributed by atoms with E-state index < -0.39 is 11.0 Å². The molecule has 0 fully saturated rings. The largest absolute Gasteiger partial charge is 0.493 e. The fourth-order valence-electron chi connectivity index (χ4n) is 4.08. The van der Waals surface area contributed by atoms with Gasteiger partial charge in [0.05, 0.1) is 30.7 Å². The average Bonchev–Trinajstić information content (AvgIpc) is 2.86. The van der Waals surface area contributed by atoms with Crippen LogP contribution in [0.3, 0.4) is 0 Å². The lowest BCUT2D eigenvalue weighted by Gasteiger charge is -2.38. The topological polar surface area (TPSA) is 91.1 Å². The molecule has 1 atom stereocenters. The van der Waals surface area contributed by atoms with Gasteiger partial charge in [-0.3, -0.25) is 14.9 Å². The smallest absolute Gasteiger partial charge is 0.269 e. The lowest BCUT2D eigenvalue weighted by Crippen LogP contribution is -2.42. The maximum absolute atomic E-state index is 13.6. The molecule has 1 aliphatic rings. The highest BCUT2D eigenvalue weighted by atomic mass is 79.9. The number of fused-ring (bicyclic) bond motifs is 1. The maximum atomic E-state index is 13.6. The number of carbonyl (C=O) groups excluding carboxylic acids is 1. The summed E-state index contributed by atoms with van der Waals surface area (Å²) in [6.45, 7) is 0.660.